The van der Waals surface area contributed by atoms with Gasteiger partial charge in [0.25, 0.3) is 11.8 Å². The first-order valence-corrected chi connectivity index (χ1v) is 8.01. The van der Waals surface area contributed by atoms with Gasteiger partial charge in [0, 0.05) is 25.6 Å². The molecule has 0 bridgehead atoms. The molecular formula is C18H15ClFN3O2. The molecule has 0 radical (unpaired) electrons. The molecule has 25 heavy (non-hydrogen) atoms. The smallest absolute Gasteiger partial charge is 0.259 e. The van der Waals surface area contributed by atoms with Gasteiger partial charge in [-0.05, 0) is 36.4 Å². The first-order valence-electron chi connectivity index (χ1n) is 7.63. The molecule has 0 aliphatic rings. The number of likely N-dealkylation sites (N-methyl/N-ethyl adjacent to an activating group) is 1. The van der Waals surface area contributed by atoms with Crippen molar-refractivity contribution in [1.29, 1.82) is 0 Å². The minimum atomic E-state index is -0.377. The van der Waals surface area contributed by atoms with Gasteiger partial charge in [-0.25, -0.2) is 4.39 Å². The third kappa shape index (κ3) is 4.03. The van der Waals surface area contributed by atoms with Crippen molar-refractivity contribution >= 4 is 17.5 Å². The molecule has 0 saturated carbocycles. The monoisotopic (exact) mass is 359 g/mol. The first kappa shape index (κ1) is 17.1. The Labute approximate surface area is 149 Å². The van der Waals surface area contributed by atoms with Gasteiger partial charge >= 0.3 is 0 Å². The third-order valence-corrected chi connectivity index (χ3v) is 4.01. The fraction of sp³-hybridized carbons (Fsp3) is 0.167. The fourth-order valence-corrected chi connectivity index (χ4v) is 2.50. The summed E-state index contributed by atoms with van der Waals surface area (Å²) >= 11 is 6.11. The van der Waals surface area contributed by atoms with Crippen molar-refractivity contribution in [3.8, 4) is 11.5 Å². The fourth-order valence-electron chi connectivity index (χ4n) is 2.28. The van der Waals surface area contributed by atoms with Crippen LogP contribution in [0.2, 0.25) is 5.02 Å². The molecule has 0 spiro atoms. The van der Waals surface area contributed by atoms with Gasteiger partial charge in [-0.15, -0.1) is 0 Å². The second kappa shape index (κ2) is 7.44. The molecule has 0 aliphatic heterocycles. The van der Waals surface area contributed by atoms with Crippen molar-refractivity contribution in [2.45, 2.75) is 6.42 Å². The number of nitrogens with zero attached hydrogens (tertiary/aromatic N) is 3. The summed E-state index contributed by atoms with van der Waals surface area (Å²) in [6.45, 7) is 0.401. The molecule has 0 fully saturated rings. The van der Waals surface area contributed by atoms with E-state index in [4.69, 9.17) is 16.1 Å². The SMILES string of the molecule is CN(CCc1noc(-c2ccccc2Cl)n1)C(=O)c1ccc(F)cc1. The summed E-state index contributed by atoms with van der Waals surface area (Å²) in [6, 6.07) is 12.6. The molecule has 7 heteroatoms. The number of hydrogen-bond acceptors (Lipinski definition) is 4. The molecule has 5 nitrogen and oxygen atoms in total. The Morgan fingerprint density at radius 2 is 1.92 bits per heavy atom. The Balaban J connectivity index is 1.63. The van der Waals surface area contributed by atoms with E-state index < -0.39 is 0 Å². The van der Waals surface area contributed by atoms with Crippen molar-refractivity contribution in [3.63, 3.8) is 0 Å². The Kier molecular flexibility index (Phi) is 5.09. The van der Waals surface area contributed by atoms with E-state index in [1.54, 1.807) is 19.2 Å². The van der Waals surface area contributed by atoms with Crippen molar-refractivity contribution in [3.05, 3.63) is 70.8 Å². The summed E-state index contributed by atoms with van der Waals surface area (Å²) < 4.78 is 18.2. The standard InChI is InChI=1S/C18H15ClFN3O2/c1-23(18(24)12-6-8-13(20)9-7-12)11-10-16-21-17(25-22-16)14-4-2-3-5-15(14)19/h2-9H,10-11H2,1H3. The van der Waals surface area contributed by atoms with Gasteiger partial charge in [0.2, 0.25) is 0 Å². The van der Waals surface area contributed by atoms with E-state index in [-0.39, 0.29) is 11.7 Å². The number of aromatic nitrogens is 2. The largest absolute Gasteiger partial charge is 0.341 e. The van der Waals surface area contributed by atoms with Crippen LogP contribution >= 0.6 is 11.6 Å². The van der Waals surface area contributed by atoms with Crippen LogP contribution in [0, 0.1) is 5.82 Å². The maximum atomic E-state index is 12.9. The normalized spacial score (nSPS) is 10.7. The lowest BCUT2D eigenvalue weighted by atomic mass is 10.2. The maximum absolute atomic E-state index is 12.9. The zero-order valence-corrected chi connectivity index (χ0v) is 14.2. The molecule has 0 unspecified atom stereocenters. The van der Waals surface area contributed by atoms with Crippen LogP contribution in [0.4, 0.5) is 4.39 Å². The van der Waals surface area contributed by atoms with Crippen molar-refractivity contribution in [2.75, 3.05) is 13.6 Å². The Morgan fingerprint density at radius 3 is 2.64 bits per heavy atom. The highest BCUT2D eigenvalue weighted by Gasteiger charge is 2.15. The van der Waals surface area contributed by atoms with E-state index in [0.717, 1.165) is 0 Å². The zero-order chi connectivity index (χ0) is 17.8. The van der Waals surface area contributed by atoms with E-state index in [1.807, 2.05) is 12.1 Å². The van der Waals surface area contributed by atoms with Crippen LogP contribution in [-0.2, 0) is 6.42 Å². The van der Waals surface area contributed by atoms with Gasteiger partial charge < -0.3 is 9.42 Å². The predicted molar refractivity (Wildman–Crippen MR) is 91.8 cm³/mol. The Bertz CT molecular complexity index is 880. The minimum Gasteiger partial charge on any atom is -0.341 e. The molecule has 1 aromatic heterocycles. The van der Waals surface area contributed by atoms with Gasteiger partial charge in [-0.2, -0.15) is 4.98 Å². The van der Waals surface area contributed by atoms with Gasteiger partial charge in [0.1, 0.15) is 5.82 Å². The van der Waals surface area contributed by atoms with Crippen LogP contribution in [0.15, 0.2) is 53.1 Å². The van der Waals surface area contributed by atoms with Crippen molar-refractivity contribution < 1.29 is 13.7 Å². The van der Waals surface area contributed by atoms with Gasteiger partial charge in [0.05, 0.1) is 10.6 Å². The second-order valence-corrected chi connectivity index (χ2v) is 5.89. The lowest BCUT2D eigenvalue weighted by molar-refractivity contribution is 0.0795. The van der Waals surface area contributed by atoms with Gasteiger partial charge in [-0.3, -0.25) is 4.79 Å². The van der Waals surface area contributed by atoms with E-state index in [9.17, 15) is 9.18 Å². The highest BCUT2D eigenvalue weighted by molar-refractivity contribution is 6.33. The topological polar surface area (TPSA) is 59.2 Å². The molecule has 0 atom stereocenters. The number of rotatable bonds is 5. The molecule has 2 aromatic carbocycles. The molecule has 3 aromatic rings. The number of carbonyl (C=O) groups excluding carboxylic acids is 1. The van der Waals surface area contributed by atoms with E-state index in [1.165, 1.54) is 29.2 Å². The third-order valence-electron chi connectivity index (χ3n) is 3.68. The number of halogens is 2. The molecule has 128 valence electrons. The van der Waals surface area contributed by atoms with Gasteiger partial charge in [-0.1, -0.05) is 28.9 Å². The molecule has 1 heterocycles. The first-order chi connectivity index (χ1) is 12.0. The second-order valence-electron chi connectivity index (χ2n) is 5.48. The predicted octanol–water partition coefficient (Wildman–Crippen LogP) is 3.84. The maximum Gasteiger partial charge on any atom is 0.259 e. The van der Waals surface area contributed by atoms with Crippen LogP contribution in [0.1, 0.15) is 16.2 Å². The quantitative estimate of drug-likeness (QED) is 0.694. The average Bonchev–Trinajstić information content (AvgIpc) is 3.09. The molecule has 0 N–H and O–H groups in total. The highest BCUT2D eigenvalue weighted by Crippen LogP contribution is 2.25. The summed E-state index contributed by atoms with van der Waals surface area (Å²) in [5.74, 6) is 0.245. The molecular weight excluding hydrogens is 345 g/mol. The molecule has 1 amide bonds. The van der Waals surface area contributed by atoms with Crippen LogP contribution in [-0.4, -0.2) is 34.5 Å². The number of hydrogen-bond donors (Lipinski definition) is 0. The summed E-state index contributed by atoms with van der Waals surface area (Å²) in [7, 11) is 1.67. The van der Waals surface area contributed by atoms with Crippen LogP contribution in [0.25, 0.3) is 11.5 Å². The number of amides is 1. The minimum absolute atomic E-state index is 0.199. The summed E-state index contributed by atoms with van der Waals surface area (Å²) in [5, 5.41) is 4.45. The van der Waals surface area contributed by atoms with Crippen molar-refractivity contribution in [2.24, 2.45) is 0 Å². The zero-order valence-electron chi connectivity index (χ0n) is 13.4. The summed E-state index contributed by atoms with van der Waals surface area (Å²) in [4.78, 5) is 18.1. The van der Waals surface area contributed by atoms with Crippen LogP contribution in [0.3, 0.4) is 0 Å². The van der Waals surface area contributed by atoms with E-state index in [0.29, 0.717) is 40.8 Å². The highest BCUT2D eigenvalue weighted by atomic mass is 35.5. The lowest BCUT2D eigenvalue weighted by Crippen LogP contribution is -2.29. The van der Waals surface area contributed by atoms with Gasteiger partial charge in [0.15, 0.2) is 5.82 Å². The van der Waals surface area contributed by atoms with Crippen LogP contribution < -0.4 is 0 Å². The summed E-state index contributed by atoms with van der Waals surface area (Å²) in [5.41, 5.74) is 1.09. The van der Waals surface area contributed by atoms with Crippen molar-refractivity contribution in [1.82, 2.24) is 15.0 Å². The average molecular weight is 360 g/mol. The lowest BCUT2D eigenvalue weighted by Gasteiger charge is -2.16. The number of carbonyl (C=O) groups is 1. The Morgan fingerprint density at radius 1 is 1.20 bits per heavy atom. The Hall–Kier alpha value is -2.73. The van der Waals surface area contributed by atoms with E-state index >= 15 is 0 Å². The number of benzene rings is 2. The molecule has 0 aliphatic carbocycles. The summed E-state index contributed by atoms with van der Waals surface area (Å²) in [6.07, 6.45) is 0.428. The van der Waals surface area contributed by atoms with Crippen LogP contribution in [0.5, 0.6) is 0 Å². The molecule has 0 saturated heterocycles. The van der Waals surface area contributed by atoms with E-state index in [2.05, 4.69) is 10.1 Å². The molecule has 3 rings (SSSR count).